The first kappa shape index (κ1) is 14.3. The predicted octanol–water partition coefficient (Wildman–Crippen LogP) is -0.498. The van der Waals surface area contributed by atoms with Crippen molar-refractivity contribution in [2.75, 3.05) is 37.7 Å². The summed E-state index contributed by atoms with van der Waals surface area (Å²) in [4.78, 5) is 26.7. The van der Waals surface area contributed by atoms with Crippen LogP contribution in [0.5, 0.6) is 0 Å². The Bertz CT molecular complexity index is 466. The van der Waals surface area contributed by atoms with Gasteiger partial charge in [-0.1, -0.05) is 0 Å². The van der Waals surface area contributed by atoms with E-state index in [1.165, 1.54) is 6.92 Å². The van der Waals surface area contributed by atoms with Gasteiger partial charge in [0.05, 0.1) is 11.5 Å². The Morgan fingerprint density at radius 2 is 1.68 bits per heavy atom. The molecule has 2 saturated heterocycles. The molecule has 0 bridgehead atoms. The van der Waals surface area contributed by atoms with Crippen LogP contribution in [-0.4, -0.2) is 67.7 Å². The van der Waals surface area contributed by atoms with Crippen LogP contribution in [0, 0.1) is 5.92 Å². The lowest BCUT2D eigenvalue weighted by atomic mass is 10.0. The zero-order chi connectivity index (χ0) is 14.0. The second kappa shape index (κ2) is 5.48. The Kier molecular flexibility index (Phi) is 4.13. The van der Waals surface area contributed by atoms with Gasteiger partial charge in [-0.2, -0.15) is 0 Å². The molecule has 0 aliphatic carbocycles. The number of rotatable bonds is 2. The Morgan fingerprint density at radius 3 is 2.16 bits per heavy atom. The highest BCUT2D eigenvalue weighted by molar-refractivity contribution is 7.91. The topological polar surface area (TPSA) is 74.8 Å². The first-order chi connectivity index (χ1) is 8.87. The fraction of sp³-hybridized carbons (Fsp3) is 0.833. The highest BCUT2D eigenvalue weighted by Gasteiger charge is 2.31. The molecule has 2 amide bonds. The second-order valence-electron chi connectivity index (χ2n) is 5.36. The van der Waals surface area contributed by atoms with E-state index in [0.717, 1.165) is 0 Å². The van der Waals surface area contributed by atoms with Crippen LogP contribution in [0.25, 0.3) is 0 Å². The first-order valence-electron chi connectivity index (χ1n) is 6.61. The number of nitrogens with zero attached hydrogens (tertiary/aromatic N) is 2. The van der Waals surface area contributed by atoms with Gasteiger partial charge in [0.1, 0.15) is 0 Å². The van der Waals surface area contributed by atoms with Crippen LogP contribution in [0.3, 0.4) is 0 Å². The van der Waals surface area contributed by atoms with E-state index in [2.05, 4.69) is 0 Å². The fourth-order valence-electron chi connectivity index (χ4n) is 2.68. The van der Waals surface area contributed by atoms with Gasteiger partial charge in [-0.25, -0.2) is 8.42 Å². The molecule has 0 aromatic rings. The summed E-state index contributed by atoms with van der Waals surface area (Å²) < 4.78 is 22.7. The molecule has 108 valence electrons. The Balaban J connectivity index is 1.81. The van der Waals surface area contributed by atoms with Crippen molar-refractivity contribution >= 4 is 21.7 Å². The molecule has 1 unspecified atom stereocenters. The van der Waals surface area contributed by atoms with E-state index in [9.17, 15) is 18.0 Å². The highest BCUT2D eigenvalue weighted by Crippen LogP contribution is 2.22. The van der Waals surface area contributed by atoms with Gasteiger partial charge in [-0.05, 0) is 12.3 Å². The average Bonchev–Trinajstić information content (AvgIpc) is 2.68. The minimum atomic E-state index is -2.92. The molecule has 0 aromatic carbocycles. The maximum atomic E-state index is 12.1. The van der Waals surface area contributed by atoms with Crippen LogP contribution >= 0.6 is 0 Å². The number of carbonyl (C=O) groups excluding carboxylic acids is 2. The van der Waals surface area contributed by atoms with Gasteiger partial charge in [-0.15, -0.1) is 0 Å². The minimum Gasteiger partial charge on any atom is -0.339 e. The third-order valence-electron chi connectivity index (χ3n) is 3.87. The molecule has 0 radical (unpaired) electrons. The summed E-state index contributed by atoms with van der Waals surface area (Å²) in [6.45, 7) is 3.78. The number of carbonyl (C=O) groups is 2. The van der Waals surface area contributed by atoms with Gasteiger partial charge in [0.2, 0.25) is 11.8 Å². The maximum Gasteiger partial charge on any atom is 0.223 e. The molecule has 0 N–H and O–H groups in total. The van der Waals surface area contributed by atoms with Gasteiger partial charge in [0.25, 0.3) is 0 Å². The molecule has 7 heteroatoms. The Hall–Kier alpha value is -1.11. The quantitative estimate of drug-likeness (QED) is 0.686. The molecule has 2 aliphatic rings. The molecule has 2 aliphatic heterocycles. The first-order valence-corrected chi connectivity index (χ1v) is 8.43. The number of hydrogen-bond acceptors (Lipinski definition) is 4. The lowest BCUT2D eigenvalue weighted by Crippen LogP contribution is -2.50. The van der Waals surface area contributed by atoms with E-state index in [1.807, 2.05) is 0 Å². The van der Waals surface area contributed by atoms with Crippen LogP contribution in [0.2, 0.25) is 0 Å². The van der Waals surface area contributed by atoms with E-state index < -0.39 is 9.84 Å². The summed E-state index contributed by atoms with van der Waals surface area (Å²) in [6.07, 6.45) is 0.917. The van der Waals surface area contributed by atoms with E-state index in [-0.39, 0.29) is 29.2 Å². The molecule has 0 aromatic heterocycles. The van der Waals surface area contributed by atoms with E-state index >= 15 is 0 Å². The molecule has 0 saturated carbocycles. The lowest BCUT2D eigenvalue weighted by Gasteiger charge is -2.34. The largest absolute Gasteiger partial charge is 0.339 e. The Labute approximate surface area is 113 Å². The third kappa shape index (κ3) is 3.68. The van der Waals surface area contributed by atoms with Crippen molar-refractivity contribution in [2.24, 2.45) is 5.92 Å². The van der Waals surface area contributed by atoms with Gasteiger partial charge in [0, 0.05) is 39.5 Å². The van der Waals surface area contributed by atoms with Crippen LogP contribution in [0.15, 0.2) is 0 Å². The van der Waals surface area contributed by atoms with Crippen molar-refractivity contribution in [1.29, 1.82) is 0 Å². The van der Waals surface area contributed by atoms with Gasteiger partial charge < -0.3 is 9.80 Å². The zero-order valence-electron chi connectivity index (χ0n) is 11.2. The van der Waals surface area contributed by atoms with E-state index in [0.29, 0.717) is 39.0 Å². The predicted molar refractivity (Wildman–Crippen MR) is 70.2 cm³/mol. The molecule has 2 heterocycles. The van der Waals surface area contributed by atoms with Crippen LogP contribution in [0.1, 0.15) is 19.8 Å². The molecule has 1 atom stereocenters. The lowest BCUT2D eigenvalue weighted by molar-refractivity contribution is -0.138. The van der Waals surface area contributed by atoms with Crippen molar-refractivity contribution in [3.63, 3.8) is 0 Å². The van der Waals surface area contributed by atoms with Crippen molar-refractivity contribution in [3.8, 4) is 0 Å². The van der Waals surface area contributed by atoms with Crippen molar-refractivity contribution in [1.82, 2.24) is 9.80 Å². The highest BCUT2D eigenvalue weighted by atomic mass is 32.2. The zero-order valence-corrected chi connectivity index (χ0v) is 12.0. The summed E-state index contributed by atoms with van der Waals surface area (Å²) in [5.41, 5.74) is 0. The van der Waals surface area contributed by atoms with Gasteiger partial charge in [0.15, 0.2) is 9.84 Å². The summed E-state index contributed by atoms with van der Waals surface area (Å²) in [5, 5.41) is 0. The molecule has 19 heavy (non-hydrogen) atoms. The Morgan fingerprint density at radius 1 is 1.11 bits per heavy atom. The van der Waals surface area contributed by atoms with Crippen molar-refractivity contribution in [3.05, 3.63) is 0 Å². The normalized spacial score (nSPS) is 26.5. The van der Waals surface area contributed by atoms with Crippen molar-refractivity contribution < 1.29 is 18.0 Å². The number of hydrogen-bond donors (Lipinski definition) is 0. The van der Waals surface area contributed by atoms with Gasteiger partial charge >= 0.3 is 0 Å². The average molecular weight is 288 g/mol. The molecule has 0 spiro atoms. The molecular formula is C12H20N2O4S. The second-order valence-corrected chi connectivity index (χ2v) is 7.59. The monoisotopic (exact) mass is 288 g/mol. The summed E-state index contributed by atoms with van der Waals surface area (Å²) in [6, 6.07) is 0. The van der Waals surface area contributed by atoms with Crippen LogP contribution in [0.4, 0.5) is 0 Å². The molecular weight excluding hydrogens is 268 g/mol. The van der Waals surface area contributed by atoms with E-state index in [4.69, 9.17) is 0 Å². The van der Waals surface area contributed by atoms with E-state index in [1.54, 1.807) is 9.80 Å². The van der Waals surface area contributed by atoms with Crippen molar-refractivity contribution in [2.45, 2.75) is 19.8 Å². The number of amides is 2. The summed E-state index contributed by atoms with van der Waals surface area (Å²) in [7, 11) is -2.92. The number of piperazine rings is 1. The SMILES string of the molecule is CC(=O)N1CCN(C(=O)CC2CCS(=O)(=O)C2)CC1. The molecule has 6 nitrogen and oxygen atoms in total. The molecule has 2 rings (SSSR count). The van der Waals surface area contributed by atoms with Crippen LogP contribution in [-0.2, 0) is 19.4 Å². The number of sulfone groups is 1. The maximum absolute atomic E-state index is 12.1. The third-order valence-corrected chi connectivity index (χ3v) is 5.70. The van der Waals surface area contributed by atoms with Crippen LogP contribution < -0.4 is 0 Å². The van der Waals surface area contributed by atoms with Gasteiger partial charge in [-0.3, -0.25) is 9.59 Å². The fourth-order valence-corrected chi connectivity index (χ4v) is 4.54. The smallest absolute Gasteiger partial charge is 0.223 e. The summed E-state index contributed by atoms with van der Waals surface area (Å²) in [5.74, 6) is 0.387. The minimum absolute atomic E-state index is 0.0188. The summed E-state index contributed by atoms with van der Waals surface area (Å²) >= 11 is 0. The standard InChI is InChI=1S/C12H20N2O4S/c1-10(15)13-3-5-14(6-4-13)12(16)8-11-2-7-19(17,18)9-11/h11H,2-9H2,1H3. The molecule has 2 fully saturated rings.